The Morgan fingerprint density at radius 2 is 1.85 bits per heavy atom. The van der Waals surface area contributed by atoms with E-state index in [-0.39, 0.29) is 0 Å². The highest BCUT2D eigenvalue weighted by atomic mass is 19.1. The summed E-state index contributed by atoms with van der Waals surface area (Å²) >= 11 is 0. The standard InChI is InChI=1S/C6H3F2NO2.C2H6/c7-4-1-2-6(9(10)11)5(8)3-4;1-2/h1-3H;1-2H3. The Kier molecular flexibility index (Phi) is 4.58. The minimum atomic E-state index is -1.16. The summed E-state index contributed by atoms with van der Waals surface area (Å²) in [6.07, 6.45) is 0. The third-order valence-corrected chi connectivity index (χ3v) is 1.11. The van der Waals surface area contributed by atoms with Crippen molar-refractivity contribution < 1.29 is 13.7 Å². The molecule has 0 saturated heterocycles. The zero-order valence-corrected chi connectivity index (χ0v) is 7.25. The van der Waals surface area contributed by atoms with Gasteiger partial charge in [0.25, 0.3) is 0 Å². The van der Waals surface area contributed by atoms with E-state index in [1.54, 1.807) is 0 Å². The van der Waals surface area contributed by atoms with Gasteiger partial charge in [0.05, 0.1) is 4.92 Å². The number of hydrogen-bond donors (Lipinski definition) is 0. The molecule has 0 fully saturated rings. The smallest absolute Gasteiger partial charge is 0.258 e. The van der Waals surface area contributed by atoms with Crippen molar-refractivity contribution in [2.24, 2.45) is 0 Å². The molecule has 5 heteroatoms. The second kappa shape index (κ2) is 5.18. The molecule has 0 bridgehead atoms. The van der Waals surface area contributed by atoms with Gasteiger partial charge in [-0.15, -0.1) is 0 Å². The van der Waals surface area contributed by atoms with Crippen LogP contribution in [0, 0.1) is 21.7 Å². The molecule has 13 heavy (non-hydrogen) atoms. The van der Waals surface area contributed by atoms with E-state index < -0.39 is 22.2 Å². The molecule has 1 aromatic carbocycles. The number of benzene rings is 1. The maximum atomic E-state index is 12.4. The third kappa shape index (κ3) is 3.14. The second-order valence-electron chi connectivity index (χ2n) is 1.85. The van der Waals surface area contributed by atoms with Gasteiger partial charge in [-0.25, -0.2) is 4.39 Å². The summed E-state index contributed by atoms with van der Waals surface area (Å²) in [6, 6.07) is 2.09. The fourth-order valence-electron chi connectivity index (χ4n) is 0.629. The van der Waals surface area contributed by atoms with Crippen LogP contribution in [0.2, 0.25) is 0 Å². The van der Waals surface area contributed by atoms with Crippen molar-refractivity contribution in [3.8, 4) is 0 Å². The number of halogens is 2. The summed E-state index contributed by atoms with van der Waals surface area (Å²) in [5.74, 6) is -1.98. The average Bonchev–Trinajstić information content (AvgIpc) is 2.07. The minimum Gasteiger partial charge on any atom is -0.258 e. The van der Waals surface area contributed by atoms with E-state index in [1.165, 1.54) is 0 Å². The Hall–Kier alpha value is -1.52. The largest absolute Gasteiger partial charge is 0.304 e. The third-order valence-electron chi connectivity index (χ3n) is 1.11. The van der Waals surface area contributed by atoms with E-state index in [4.69, 9.17) is 0 Å². The topological polar surface area (TPSA) is 43.1 Å². The first-order valence-corrected chi connectivity index (χ1v) is 3.70. The Morgan fingerprint density at radius 1 is 1.31 bits per heavy atom. The van der Waals surface area contributed by atoms with Crippen LogP contribution in [0.4, 0.5) is 14.5 Å². The van der Waals surface area contributed by atoms with Gasteiger partial charge in [-0.3, -0.25) is 10.1 Å². The molecule has 0 amide bonds. The Balaban J connectivity index is 0.000000671. The molecule has 72 valence electrons. The number of hydrogen-bond acceptors (Lipinski definition) is 2. The van der Waals surface area contributed by atoms with Crippen LogP contribution in [-0.2, 0) is 0 Å². The molecule has 0 aliphatic carbocycles. The molecule has 0 N–H and O–H groups in total. The molecule has 0 unspecified atom stereocenters. The van der Waals surface area contributed by atoms with Crippen LogP contribution in [0.3, 0.4) is 0 Å². The van der Waals surface area contributed by atoms with Crippen LogP contribution in [0.15, 0.2) is 18.2 Å². The van der Waals surface area contributed by atoms with E-state index in [0.717, 1.165) is 12.1 Å². The summed E-state index contributed by atoms with van der Waals surface area (Å²) in [7, 11) is 0. The molecule has 0 aliphatic rings. The molecule has 0 aromatic heterocycles. The van der Waals surface area contributed by atoms with E-state index in [2.05, 4.69) is 0 Å². The molecular formula is C8H9F2NO2. The van der Waals surface area contributed by atoms with E-state index in [9.17, 15) is 18.9 Å². The van der Waals surface area contributed by atoms with Crippen molar-refractivity contribution in [2.45, 2.75) is 13.8 Å². The van der Waals surface area contributed by atoms with Gasteiger partial charge in [-0.1, -0.05) is 13.8 Å². The number of nitro benzene ring substituents is 1. The van der Waals surface area contributed by atoms with Crippen molar-refractivity contribution in [3.63, 3.8) is 0 Å². The van der Waals surface area contributed by atoms with Crippen LogP contribution in [0.5, 0.6) is 0 Å². The highest BCUT2D eigenvalue weighted by Gasteiger charge is 2.12. The summed E-state index contributed by atoms with van der Waals surface area (Å²) in [6.45, 7) is 4.00. The summed E-state index contributed by atoms with van der Waals surface area (Å²) in [5, 5.41) is 9.98. The Labute approximate surface area is 74.2 Å². The van der Waals surface area contributed by atoms with Crippen LogP contribution in [-0.4, -0.2) is 4.92 Å². The van der Waals surface area contributed by atoms with Crippen LogP contribution in [0.25, 0.3) is 0 Å². The Morgan fingerprint density at radius 3 is 2.23 bits per heavy atom. The van der Waals surface area contributed by atoms with Crippen molar-refractivity contribution in [2.75, 3.05) is 0 Å². The highest BCUT2D eigenvalue weighted by Crippen LogP contribution is 2.16. The normalized spacial score (nSPS) is 8.62. The van der Waals surface area contributed by atoms with Gasteiger partial charge in [0.2, 0.25) is 5.82 Å². The van der Waals surface area contributed by atoms with Gasteiger partial charge >= 0.3 is 5.69 Å². The first kappa shape index (κ1) is 11.5. The molecule has 0 atom stereocenters. The molecule has 0 heterocycles. The zero-order valence-electron chi connectivity index (χ0n) is 7.25. The molecule has 0 spiro atoms. The number of nitrogens with zero attached hydrogens (tertiary/aromatic N) is 1. The van der Waals surface area contributed by atoms with Gasteiger partial charge < -0.3 is 0 Å². The van der Waals surface area contributed by atoms with Gasteiger partial charge in [0.1, 0.15) is 5.82 Å². The van der Waals surface area contributed by atoms with Crippen molar-refractivity contribution in [1.82, 2.24) is 0 Å². The fourth-order valence-corrected chi connectivity index (χ4v) is 0.629. The van der Waals surface area contributed by atoms with E-state index >= 15 is 0 Å². The minimum absolute atomic E-state index is 0.470. The Bertz CT molecular complexity index is 302. The molecule has 3 nitrogen and oxygen atoms in total. The molecule has 0 radical (unpaired) electrons. The molecule has 0 saturated carbocycles. The van der Waals surface area contributed by atoms with Crippen molar-refractivity contribution in [3.05, 3.63) is 39.9 Å². The van der Waals surface area contributed by atoms with E-state index in [0.29, 0.717) is 6.07 Å². The quantitative estimate of drug-likeness (QED) is 0.503. The fraction of sp³-hybridized carbons (Fsp3) is 0.250. The molecule has 0 aliphatic heterocycles. The first-order valence-electron chi connectivity index (χ1n) is 3.70. The monoisotopic (exact) mass is 189 g/mol. The maximum Gasteiger partial charge on any atom is 0.304 e. The molecule has 1 rings (SSSR count). The first-order chi connectivity index (χ1) is 6.11. The average molecular weight is 189 g/mol. The summed E-state index contributed by atoms with van der Waals surface area (Å²) in [4.78, 5) is 9.07. The predicted molar refractivity (Wildman–Crippen MR) is 44.4 cm³/mol. The van der Waals surface area contributed by atoms with Gasteiger partial charge in [-0.05, 0) is 6.07 Å². The van der Waals surface area contributed by atoms with Gasteiger partial charge in [0.15, 0.2) is 0 Å². The van der Waals surface area contributed by atoms with Gasteiger partial charge in [-0.2, -0.15) is 4.39 Å². The number of nitro groups is 1. The predicted octanol–water partition coefficient (Wildman–Crippen LogP) is 2.90. The van der Waals surface area contributed by atoms with Crippen LogP contribution < -0.4 is 0 Å². The van der Waals surface area contributed by atoms with Crippen LogP contribution in [0.1, 0.15) is 13.8 Å². The SMILES string of the molecule is CC.O=[N+]([O-])c1ccc(F)cc1F. The van der Waals surface area contributed by atoms with Gasteiger partial charge in [0, 0.05) is 12.1 Å². The summed E-state index contributed by atoms with van der Waals surface area (Å²) < 4.78 is 24.6. The lowest BCUT2D eigenvalue weighted by Gasteiger charge is -1.91. The van der Waals surface area contributed by atoms with Crippen molar-refractivity contribution >= 4 is 5.69 Å². The summed E-state index contributed by atoms with van der Waals surface area (Å²) in [5.41, 5.74) is -0.716. The molecular weight excluding hydrogens is 180 g/mol. The van der Waals surface area contributed by atoms with Crippen LogP contribution >= 0.6 is 0 Å². The lowest BCUT2D eigenvalue weighted by Crippen LogP contribution is -1.92. The van der Waals surface area contributed by atoms with Crippen molar-refractivity contribution in [1.29, 1.82) is 0 Å². The lowest BCUT2D eigenvalue weighted by atomic mass is 10.3. The molecule has 1 aromatic rings. The second-order valence-corrected chi connectivity index (χ2v) is 1.85. The van der Waals surface area contributed by atoms with E-state index in [1.807, 2.05) is 13.8 Å². The maximum absolute atomic E-state index is 12.4. The lowest BCUT2D eigenvalue weighted by molar-refractivity contribution is -0.387. The zero-order chi connectivity index (χ0) is 10.4. The number of rotatable bonds is 1. The highest BCUT2D eigenvalue weighted by molar-refractivity contribution is 5.31.